The molecule has 0 bridgehead atoms. The summed E-state index contributed by atoms with van der Waals surface area (Å²) >= 11 is 7.50. The highest BCUT2D eigenvalue weighted by atomic mass is 35.5. The Bertz CT molecular complexity index is 481. The smallest absolute Gasteiger partial charge is 0.130 e. The molecule has 15 heavy (non-hydrogen) atoms. The van der Waals surface area contributed by atoms with Crippen molar-refractivity contribution in [3.8, 4) is 11.1 Å². The highest BCUT2D eigenvalue weighted by Crippen LogP contribution is 2.30. The van der Waals surface area contributed by atoms with Crippen LogP contribution < -0.4 is 0 Å². The first-order chi connectivity index (χ1) is 7.20. The maximum atomic E-state index is 5.84. The number of nitrogens with zero attached hydrogens (tertiary/aromatic N) is 3. The van der Waals surface area contributed by atoms with Crippen LogP contribution >= 0.6 is 23.4 Å². The Kier molecular flexibility index (Phi) is 2.98. The summed E-state index contributed by atoms with van der Waals surface area (Å²) in [6.07, 6.45) is 7.59. The summed E-state index contributed by atoms with van der Waals surface area (Å²) in [6.45, 7) is 0. The molecule has 2 rings (SSSR count). The molecule has 2 heterocycles. The van der Waals surface area contributed by atoms with E-state index in [9.17, 15) is 0 Å². The molecule has 0 spiro atoms. The van der Waals surface area contributed by atoms with Crippen LogP contribution in [0.3, 0.4) is 0 Å². The number of pyridine rings is 1. The van der Waals surface area contributed by atoms with E-state index in [0.717, 1.165) is 16.0 Å². The summed E-state index contributed by atoms with van der Waals surface area (Å²) in [5.41, 5.74) is 2.13. The molecular formula is C10H10ClN3S. The fourth-order valence-corrected chi connectivity index (χ4v) is 2.20. The number of aromatic nitrogens is 3. The second-order valence-electron chi connectivity index (χ2n) is 3.11. The van der Waals surface area contributed by atoms with Crippen molar-refractivity contribution < 1.29 is 0 Å². The molecule has 2 aromatic heterocycles. The molecule has 3 nitrogen and oxygen atoms in total. The second kappa shape index (κ2) is 4.24. The Labute approximate surface area is 97.5 Å². The Morgan fingerprint density at radius 1 is 1.40 bits per heavy atom. The van der Waals surface area contributed by atoms with Gasteiger partial charge in [-0.05, 0) is 12.3 Å². The minimum atomic E-state index is 0.520. The fraction of sp³-hybridized carbons (Fsp3) is 0.200. The van der Waals surface area contributed by atoms with Gasteiger partial charge in [0.15, 0.2) is 0 Å². The molecule has 0 aromatic carbocycles. The van der Waals surface area contributed by atoms with Crippen molar-refractivity contribution in [1.29, 1.82) is 0 Å². The summed E-state index contributed by atoms with van der Waals surface area (Å²) < 4.78 is 1.77. The van der Waals surface area contributed by atoms with Crippen LogP contribution in [-0.4, -0.2) is 21.0 Å². The number of hydrogen-bond donors (Lipinski definition) is 0. The average molecular weight is 240 g/mol. The van der Waals surface area contributed by atoms with Crippen molar-refractivity contribution in [2.75, 3.05) is 6.26 Å². The van der Waals surface area contributed by atoms with E-state index in [1.807, 2.05) is 31.8 Å². The van der Waals surface area contributed by atoms with Gasteiger partial charge in [-0.3, -0.25) is 4.68 Å². The molecule has 5 heteroatoms. The van der Waals surface area contributed by atoms with Gasteiger partial charge in [0.2, 0.25) is 0 Å². The van der Waals surface area contributed by atoms with Crippen LogP contribution in [0.4, 0.5) is 0 Å². The predicted octanol–water partition coefficient (Wildman–Crippen LogP) is 2.86. The largest absolute Gasteiger partial charge is 0.275 e. The molecule has 0 aliphatic heterocycles. The second-order valence-corrected chi connectivity index (χ2v) is 4.35. The molecule has 0 atom stereocenters. The van der Waals surface area contributed by atoms with Gasteiger partial charge >= 0.3 is 0 Å². The minimum absolute atomic E-state index is 0.520. The van der Waals surface area contributed by atoms with E-state index in [0.29, 0.717) is 5.15 Å². The highest BCUT2D eigenvalue weighted by Gasteiger charge is 2.07. The first kappa shape index (κ1) is 10.5. The lowest BCUT2D eigenvalue weighted by Gasteiger charge is -2.04. The number of halogens is 1. The van der Waals surface area contributed by atoms with Gasteiger partial charge in [-0.15, -0.1) is 11.8 Å². The van der Waals surface area contributed by atoms with Crippen LogP contribution in [0.1, 0.15) is 0 Å². The molecule has 0 saturated carbocycles. The van der Waals surface area contributed by atoms with Crippen molar-refractivity contribution in [3.05, 3.63) is 29.8 Å². The van der Waals surface area contributed by atoms with E-state index in [4.69, 9.17) is 11.6 Å². The van der Waals surface area contributed by atoms with E-state index in [-0.39, 0.29) is 0 Å². The lowest BCUT2D eigenvalue weighted by atomic mass is 10.2. The zero-order valence-corrected chi connectivity index (χ0v) is 10.0. The zero-order chi connectivity index (χ0) is 10.8. The Morgan fingerprint density at radius 2 is 2.20 bits per heavy atom. The maximum absolute atomic E-state index is 5.84. The van der Waals surface area contributed by atoms with Crippen molar-refractivity contribution in [1.82, 2.24) is 14.8 Å². The van der Waals surface area contributed by atoms with Gasteiger partial charge in [0.25, 0.3) is 0 Å². The quantitative estimate of drug-likeness (QED) is 0.597. The number of thioether (sulfide) groups is 1. The fourth-order valence-electron chi connectivity index (χ4n) is 1.36. The standard InChI is InChI=1S/C10H10ClN3S/c1-14-6-7(4-13-14)8-5-12-10(11)3-9(8)15-2/h3-6H,1-2H3. The Morgan fingerprint density at radius 3 is 2.80 bits per heavy atom. The predicted molar refractivity (Wildman–Crippen MR) is 63.2 cm³/mol. The normalized spacial score (nSPS) is 10.6. The van der Waals surface area contributed by atoms with Crippen molar-refractivity contribution in [3.63, 3.8) is 0 Å². The monoisotopic (exact) mass is 239 g/mol. The third-order valence-corrected chi connectivity index (χ3v) is 3.05. The Hall–Kier alpha value is -1.00. The molecular weight excluding hydrogens is 230 g/mol. The van der Waals surface area contributed by atoms with Gasteiger partial charge in [0, 0.05) is 35.5 Å². The maximum Gasteiger partial charge on any atom is 0.130 e. The van der Waals surface area contributed by atoms with Crippen molar-refractivity contribution >= 4 is 23.4 Å². The summed E-state index contributed by atoms with van der Waals surface area (Å²) in [5, 5.41) is 4.66. The lowest BCUT2D eigenvalue weighted by molar-refractivity contribution is 0.768. The number of hydrogen-bond acceptors (Lipinski definition) is 3. The van der Waals surface area contributed by atoms with Crippen molar-refractivity contribution in [2.45, 2.75) is 4.90 Å². The molecule has 0 saturated heterocycles. The first-order valence-corrected chi connectivity index (χ1v) is 5.99. The SMILES string of the molecule is CSc1cc(Cl)ncc1-c1cnn(C)c1. The summed E-state index contributed by atoms with van der Waals surface area (Å²) in [5.74, 6) is 0. The summed E-state index contributed by atoms with van der Waals surface area (Å²) in [7, 11) is 1.89. The average Bonchev–Trinajstić information content (AvgIpc) is 2.64. The van der Waals surface area contributed by atoms with E-state index in [1.165, 1.54) is 0 Å². The molecule has 0 aliphatic carbocycles. The molecule has 78 valence electrons. The van der Waals surface area contributed by atoms with Gasteiger partial charge in [0.1, 0.15) is 5.15 Å². The molecule has 0 N–H and O–H groups in total. The van der Waals surface area contributed by atoms with E-state index >= 15 is 0 Å². The van der Waals surface area contributed by atoms with Crippen LogP contribution in [0.25, 0.3) is 11.1 Å². The van der Waals surface area contributed by atoms with Crippen LogP contribution in [0.5, 0.6) is 0 Å². The van der Waals surface area contributed by atoms with Gasteiger partial charge in [-0.1, -0.05) is 11.6 Å². The zero-order valence-electron chi connectivity index (χ0n) is 8.44. The van der Waals surface area contributed by atoms with E-state index < -0.39 is 0 Å². The third kappa shape index (κ3) is 2.16. The lowest BCUT2D eigenvalue weighted by Crippen LogP contribution is -1.85. The highest BCUT2D eigenvalue weighted by molar-refractivity contribution is 7.98. The summed E-state index contributed by atoms with van der Waals surface area (Å²) in [4.78, 5) is 5.20. The van der Waals surface area contributed by atoms with Crippen molar-refractivity contribution in [2.24, 2.45) is 7.05 Å². The van der Waals surface area contributed by atoms with Gasteiger partial charge in [-0.25, -0.2) is 4.98 Å². The van der Waals surface area contributed by atoms with Gasteiger partial charge < -0.3 is 0 Å². The molecule has 0 aliphatic rings. The Balaban J connectivity index is 2.52. The minimum Gasteiger partial charge on any atom is -0.275 e. The topological polar surface area (TPSA) is 30.7 Å². The van der Waals surface area contributed by atoms with Crippen LogP contribution in [0, 0.1) is 0 Å². The molecule has 2 aromatic rings. The summed E-state index contributed by atoms with van der Waals surface area (Å²) in [6, 6.07) is 1.87. The van der Waals surface area contributed by atoms with E-state index in [1.54, 1.807) is 22.6 Å². The van der Waals surface area contributed by atoms with Crippen LogP contribution in [-0.2, 0) is 7.05 Å². The van der Waals surface area contributed by atoms with Crippen LogP contribution in [0.2, 0.25) is 5.15 Å². The number of rotatable bonds is 2. The van der Waals surface area contributed by atoms with Gasteiger partial charge in [-0.2, -0.15) is 5.10 Å². The number of aryl methyl sites for hydroxylation is 1. The molecule has 0 amide bonds. The molecule has 0 fully saturated rings. The van der Waals surface area contributed by atoms with Gasteiger partial charge in [0.05, 0.1) is 6.20 Å². The molecule has 0 radical (unpaired) electrons. The van der Waals surface area contributed by atoms with Crippen LogP contribution in [0.15, 0.2) is 29.6 Å². The third-order valence-electron chi connectivity index (χ3n) is 2.07. The first-order valence-electron chi connectivity index (χ1n) is 4.39. The van der Waals surface area contributed by atoms with E-state index in [2.05, 4.69) is 10.1 Å². The molecule has 0 unspecified atom stereocenters.